The first kappa shape index (κ1) is 21.0. The maximum absolute atomic E-state index is 13.4. The average molecular weight is 393 g/mol. The Balaban J connectivity index is 2.05. The zero-order chi connectivity index (χ0) is 19.9. The van der Waals surface area contributed by atoms with E-state index in [0.717, 1.165) is 12.0 Å². The number of hydrogen-bond donors (Lipinski definition) is 4. The molecule has 5 N–H and O–H groups in total. The number of aromatic hydroxyl groups is 1. The summed E-state index contributed by atoms with van der Waals surface area (Å²) in [5, 5.41) is 15.8. The second-order valence-electron chi connectivity index (χ2n) is 7.13. The predicted molar refractivity (Wildman–Crippen MR) is 110 cm³/mol. The second kappa shape index (κ2) is 9.58. The zero-order valence-electron chi connectivity index (χ0n) is 15.6. The van der Waals surface area contributed by atoms with Gasteiger partial charge in [-0.2, -0.15) is 0 Å². The van der Waals surface area contributed by atoms with Gasteiger partial charge in [0.15, 0.2) is 5.96 Å². The minimum Gasteiger partial charge on any atom is -0.508 e. The lowest BCUT2D eigenvalue weighted by Gasteiger charge is -2.21. The third-order valence-electron chi connectivity index (χ3n) is 4.04. The van der Waals surface area contributed by atoms with Crippen LogP contribution in [0, 0.1) is 11.2 Å². The van der Waals surface area contributed by atoms with E-state index >= 15 is 0 Å². The molecule has 0 amide bonds. The van der Waals surface area contributed by atoms with Gasteiger partial charge < -0.3 is 21.5 Å². The van der Waals surface area contributed by atoms with Crippen molar-refractivity contribution in [3.05, 3.63) is 58.9 Å². The Morgan fingerprint density at radius 1 is 1.22 bits per heavy atom. The average Bonchev–Trinajstić information content (AvgIpc) is 2.64. The van der Waals surface area contributed by atoms with Crippen LogP contribution in [0.25, 0.3) is 0 Å². The summed E-state index contributed by atoms with van der Waals surface area (Å²) < 4.78 is 13.4. The van der Waals surface area contributed by atoms with Gasteiger partial charge in [-0.3, -0.25) is 4.99 Å². The van der Waals surface area contributed by atoms with Crippen molar-refractivity contribution in [3.63, 3.8) is 0 Å². The first-order valence-corrected chi connectivity index (χ1v) is 9.15. The van der Waals surface area contributed by atoms with Crippen LogP contribution in [0.1, 0.15) is 19.4 Å². The molecule has 0 aliphatic rings. The summed E-state index contributed by atoms with van der Waals surface area (Å²) in [7, 11) is 0. The van der Waals surface area contributed by atoms with Crippen molar-refractivity contribution in [2.24, 2.45) is 16.1 Å². The molecule has 0 saturated heterocycles. The SMILES string of the molecule is CC(C)(CN)CN=C(NCCc1ccc(O)cc1)Nc1ccc(F)c(Cl)c1. The van der Waals surface area contributed by atoms with Crippen LogP contribution in [0.15, 0.2) is 47.5 Å². The van der Waals surface area contributed by atoms with Crippen LogP contribution >= 0.6 is 11.6 Å². The number of guanidine groups is 1. The predicted octanol–water partition coefficient (Wildman–Crippen LogP) is 3.77. The van der Waals surface area contributed by atoms with Gasteiger partial charge in [-0.25, -0.2) is 4.39 Å². The van der Waals surface area contributed by atoms with Crippen molar-refractivity contribution in [1.29, 1.82) is 0 Å². The highest BCUT2D eigenvalue weighted by Crippen LogP contribution is 2.19. The molecule has 0 saturated carbocycles. The van der Waals surface area contributed by atoms with E-state index < -0.39 is 5.82 Å². The van der Waals surface area contributed by atoms with Crippen molar-refractivity contribution in [2.75, 3.05) is 25.0 Å². The minimum atomic E-state index is -0.467. The zero-order valence-corrected chi connectivity index (χ0v) is 16.4. The summed E-state index contributed by atoms with van der Waals surface area (Å²) >= 11 is 5.85. The third-order valence-corrected chi connectivity index (χ3v) is 4.33. The van der Waals surface area contributed by atoms with Crippen molar-refractivity contribution >= 4 is 23.2 Å². The van der Waals surface area contributed by atoms with Crippen molar-refractivity contribution in [1.82, 2.24) is 5.32 Å². The van der Waals surface area contributed by atoms with Crippen LogP contribution in [0.2, 0.25) is 5.02 Å². The van der Waals surface area contributed by atoms with Gasteiger partial charge in [0, 0.05) is 18.8 Å². The van der Waals surface area contributed by atoms with E-state index in [4.69, 9.17) is 17.3 Å². The number of rotatable bonds is 7. The number of nitrogens with zero attached hydrogens (tertiary/aromatic N) is 1. The minimum absolute atomic E-state index is 0.0470. The van der Waals surface area contributed by atoms with E-state index in [9.17, 15) is 9.50 Å². The monoisotopic (exact) mass is 392 g/mol. The van der Waals surface area contributed by atoms with Crippen LogP contribution in [-0.2, 0) is 6.42 Å². The van der Waals surface area contributed by atoms with E-state index in [1.54, 1.807) is 18.2 Å². The Kier molecular flexibility index (Phi) is 7.45. The Labute approximate surface area is 164 Å². The van der Waals surface area contributed by atoms with Crippen LogP contribution in [0.4, 0.5) is 10.1 Å². The molecule has 0 radical (unpaired) electrons. The number of nitrogens with one attached hydrogen (secondary N) is 2. The standard InChI is InChI=1S/C20H26ClFN4O/c1-20(2,12-23)13-25-19(26-15-5-8-18(22)17(21)11-15)24-10-9-14-3-6-16(27)7-4-14/h3-8,11,27H,9-10,12-13,23H2,1-2H3,(H2,24,25,26). The Morgan fingerprint density at radius 3 is 2.56 bits per heavy atom. The van der Waals surface area contributed by atoms with Crippen LogP contribution in [0.3, 0.4) is 0 Å². The second-order valence-corrected chi connectivity index (χ2v) is 7.54. The largest absolute Gasteiger partial charge is 0.508 e. The Hall–Kier alpha value is -2.31. The molecule has 0 bridgehead atoms. The van der Waals surface area contributed by atoms with Gasteiger partial charge in [-0.1, -0.05) is 37.6 Å². The molecule has 0 aromatic heterocycles. The van der Waals surface area contributed by atoms with Gasteiger partial charge in [-0.05, 0) is 54.3 Å². The lowest BCUT2D eigenvalue weighted by atomic mass is 9.94. The summed E-state index contributed by atoms with van der Waals surface area (Å²) in [6, 6.07) is 11.5. The molecule has 27 heavy (non-hydrogen) atoms. The molecule has 2 aromatic carbocycles. The highest BCUT2D eigenvalue weighted by atomic mass is 35.5. The highest BCUT2D eigenvalue weighted by Gasteiger charge is 2.15. The molecule has 0 heterocycles. The summed E-state index contributed by atoms with van der Waals surface area (Å²) in [5.41, 5.74) is 7.38. The lowest BCUT2D eigenvalue weighted by Crippen LogP contribution is -2.35. The molecule has 5 nitrogen and oxygen atoms in total. The van der Waals surface area contributed by atoms with Gasteiger partial charge in [0.05, 0.1) is 5.02 Å². The number of aliphatic imine (C=N–C) groups is 1. The van der Waals surface area contributed by atoms with E-state index in [0.29, 0.717) is 31.3 Å². The molecule has 0 atom stereocenters. The fraction of sp³-hybridized carbons (Fsp3) is 0.350. The third kappa shape index (κ3) is 7.07. The number of benzene rings is 2. The van der Waals surface area contributed by atoms with E-state index in [2.05, 4.69) is 15.6 Å². The van der Waals surface area contributed by atoms with Gasteiger partial charge in [0.25, 0.3) is 0 Å². The molecule has 0 spiro atoms. The van der Waals surface area contributed by atoms with E-state index in [1.807, 2.05) is 26.0 Å². The highest BCUT2D eigenvalue weighted by molar-refractivity contribution is 6.31. The molecular weight excluding hydrogens is 367 g/mol. The van der Waals surface area contributed by atoms with Gasteiger partial charge in [0.2, 0.25) is 0 Å². The van der Waals surface area contributed by atoms with Crippen LogP contribution in [-0.4, -0.2) is 30.7 Å². The molecule has 0 aliphatic carbocycles. The first-order valence-electron chi connectivity index (χ1n) is 8.77. The van der Waals surface area contributed by atoms with E-state index in [-0.39, 0.29) is 16.2 Å². The molecule has 0 aliphatic heterocycles. The number of anilines is 1. The molecule has 2 rings (SSSR count). The van der Waals surface area contributed by atoms with E-state index in [1.165, 1.54) is 12.1 Å². The molecule has 0 fully saturated rings. The van der Waals surface area contributed by atoms with Crippen molar-refractivity contribution in [3.8, 4) is 5.75 Å². The molecule has 0 unspecified atom stereocenters. The molecule has 7 heteroatoms. The Bertz CT molecular complexity index is 778. The van der Waals surface area contributed by atoms with Crippen molar-refractivity contribution < 1.29 is 9.50 Å². The quantitative estimate of drug-likeness (QED) is 0.427. The first-order chi connectivity index (χ1) is 12.8. The normalized spacial score (nSPS) is 12.1. The summed E-state index contributed by atoms with van der Waals surface area (Å²) in [4.78, 5) is 4.60. The summed E-state index contributed by atoms with van der Waals surface area (Å²) in [6.07, 6.45) is 0.755. The topological polar surface area (TPSA) is 82.7 Å². The molecular formula is C20H26ClFN4O. The Morgan fingerprint density at radius 2 is 1.93 bits per heavy atom. The van der Waals surface area contributed by atoms with Gasteiger partial charge >= 0.3 is 0 Å². The smallest absolute Gasteiger partial charge is 0.195 e. The maximum Gasteiger partial charge on any atom is 0.195 e. The number of phenols is 1. The number of halogens is 2. The van der Waals surface area contributed by atoms with Gasteiger partial charge in [-0.15, -0.1) is 0 Å². The molecule has 146 valence electrons. The fourth-order valence-corrected chi connectivity index (χ4v) is 2.38. The maximum atomic E-state index is 13.4. The number of nitrogens with two attached hydrogens (primary N) is 1. The van der Waals surface area contributed by atoms with Crippen LogP contribution < -0.4 is 16.4 Å². The summed E-state index contributed by atoms with van der Waals surface area (Å²) in [6.45, 7) is 5.76. The molecule has 2 aromatic rings. The van der Waals surface area contributed by atoms with Crippen LogP contribution in [0.5, 0.6) is 5.75 Å². The van der Waals surface area contributed by atoms with Gasteiger partial charge in [0.1, 0.15) is 11.6 Å². The van der Waals surface area contributed by atoms with Crippen molar-refractivity contribution in [2.45, 2.75) is 20.3 Å². The number of hydrogen-bond acceptors (Lipinski definition) is 3. The summed E-state index contributed by atoms with van der Waals surface area (Å²) in [5.74, 6) is 0.344. The number of phenolic OH excluding ortho intramolecular Hbond substituents is 1. The lowest BCUT2D eigenvalue weighted by molar-refractivity contribution is 0.393. The fourth-order valence-electron chi connectivity index (χ4n) is 2.20.